The van der Waals surface area contributed by atoms with Crippen molar-refractivity contribution >= 4 is 0 Å². The van der Waals surface area contributed by atoms with Crippen molar-refractivity contribution in [2.45, 2.75) is 25.6 Å². The van der Waals surface area contributed by atoms with Gasteiger partial charge < -0.3 is 10.1 Å². The minimum absolute atomic E-state index is 0.248. The van der Waals surface area contributed by atoms with E-state index in [0.717, 1.165) is 30.8 Å². The Kier molecular flexibility index (Phi) is 5.91. The van der Waals surface area contributed by atoms with Crippen LogP contribution in [0.3, 0.4) is 0 Å². The minimum atomic E-state index is -4.71. The lowest BCUT2D eigenvalue weighted by molar-refractivity contribution is -0.274. The summed E-state index contributed by atoms with van der Waals surface area (Å²) in [7, 11) is 0. The van der Waals surface area contributed by atoms with Gasteiger partial charge in [0.25, 0.3) is 0 Å². The van der Waals surface area contributed by atoms with Crippen molar-refractivity contribution in [3.63, 3.8) is 0 Å². The van der Waals surface area contributed by atoms with E-state index in [4.69, 9.17) is 0 Å². The maximum Gasteiger partial charge on any atom is 0.573 e. The first-order valence-corrected chi connectivity index (χ1v) is 9.95. The average molecular weight is 443 g/mol. The zero-order valence-corrected chi connectivity index (χ0v) is 16.5. The third-order valence-corrected chi connectivity index (χ3v) is 5.90. The molecule has 0 aromatic heterocycles. The third kappa shape index (κ3) is 5.71. The molecule has 2 aromatic carbocycles. The Morgan fingerprint density at radius 1 is 0.903 bits per heavy atom. The van der Waals surface area contributed by atoms with Crippen molar-refractivity contribution in [1.29, 1.82) is 0 Å². The molecule has 2 unspecified atom stereocenters. The van der Waals surface area contributed by atoms with Gasteiger partial charge in [0.2, 0.25) is 0 Å². The van der Waals surface area contributed by atoms with Crippen molar-refractivity contribution in [2.24, 2.45) is 17.8 Å². The highest BCUT2D eigenvalue weighted by Crippen LogP contribution is 2.52. The maximum atomic E-state index is 12.6. The second kappa shape index (κ2) is 8.35. The zero-order valence-electron chi connectivity index (χ0n) is 16.5. The largest absolute Gasteiger partial charge is 0.658 e. The van der Waals surface area contributed by atoms with Crippen LogP contribution in [0.1, 0.15) is 16.7 Å². The summed E-state index contributed by atoms with van der Waals surface area (Å²) in [5.41, 5.74) is 0.880. The van der Waals surface area contributed by atoms with Crippen molar-refractivity contribution in [1.82, 2.24) is 4.90 Å². The summed E-state index contributed by atoms with van der Waals surface area (Å²) in [6.45, 7) is 3.40. The highest BCUT2D eigenvalue weighted by molar-refractivity contribution is 5.30. The molecule has 2 aromatic rings. The molecule has 2 atom stereocenters. The van der Waals surface area contributed by atoms with E-state index in [1.807, 2.05) is 0 Å². The summed E-state index contributed by atoms with van der Waals surface area (Å²) in [6.07, 6.45) is -9.04. The lowest BCUT2D eigenvalue weighted by atomic mass is 10.1. The second-order valence-electron chi connectivity index (χ2n) is 8.14. The summed E-state index contributed by atoms with van der Waals surface area (Å²) < 4.78 is 78.8. The Balaban J connectivity index is 1.18. The standard InChI is InChI=1S/C22H21F6N2O/c23-21(24,25)16-6-4-14(5-7-16)11-30-12-19-18(20(19)13-30)10-29-9-15-2-1-3-17(8-15)31-22(26,27)28/h1-8,18-20H,9-13H2/q-1. The normalized spacial score (nSPS) is 23.6. The molecular weight excluding hydrogens is 422 g/mol. The first-order valence-electron chi connectivity index (χ1n) is 9.95. The molecule has 3 nitrogen and oxygen atoms in total. The molecule has 1 aliphatic heterocycles. The predicted molar refractivity (Wildman–Crippen MR) is 102 cm³/mol. The SMILES string of the molecule is FC(F)(F)Oc1cccc(C[N-]CC2C3CN(Cc4ccc(C(F)(F)F)cc4)CC23)c1. The van der Waals surface area contributed by atoms with E-state index in [1.54, 1.807) is 6.07 Å². The summed E-state index contributed by atoms with van der Waals surface area (Å²) in [6, 6.07) is 11.1. The van der Waals surface area contributed by atoms with Gasteiger partial charge in [-0.2, -0.15) is 13.2 Å². The van der Waals surface area contributed by atoms with Gasteiger partial charge in [-0.15, -0.1) is 26.3 Å². The number of ether oxygens (including phenoxy) is 1. The topological polar surface area (TPSA) is 26.6 Å². The molecule has 9 heteroatoms. The van der Waals surface area contributed by atoms with E-state index in [1.165, 1.54) is 30.3 Å². The van der Waals surface area contributed by atoms with Crippen LogP contribution in [-0.4, -0.2) is 30.9 Å². The molecule has 2 fully saturated rings. The molecule has 1 heterocycles. The first-order chi connectivity index (χ1) is 14.6. The third-order valence-electron chi connectivity index (χ3n) is 5.90. The van der Waals surface area contributed by atoms with Crippen molar-refractivity contribution in [2.75, 3.05) is 19.6 Å². The molecule has 1 saturated heterocycles. The first kappa shape index (κ1) is 22.0. The number of likely N-dealkylation sites (tertiary alicyclic amines) is 1. The zero-order chi connectivity index (χ0) is 22.2. The van der Waals surface area contributed by atoms with Crippen molar-refractivity contribution in [3.05, 3.63) is 70.5 Å². The number of alkyl halides is 6. The second-order valence-corrected chi connectivity index (χ2v) is 8.14. The fourth-order valence-corrected chi connectivity index (χ4v) is 4.38. The van der Waals surface area contributed by atoms with E-state index in [0.29, 0.717) is 43.0 Å². The van der Waals surface area contributed by atoms with Crippen molar-refractivity contribution < 1.29 is 31.1 Å². The number of piperidine rings is 1. The summed E-state index contributed by atoms with van der Waals surface area (Å²) >= 11 is 0. The smallest absolute Gasteiger partial charge is 0.573 e. The van der Waals surface area contributed by atoms with Crippen LogP contribution in [0.4, 0.5) is 26.3 Å². The van der Waals surface area contributed by atoms with Crippen LogP contribution in [0.15, 0.2) is 48.5 Å². The van der Waals surface area contributed by atoms with Gasteiger partial charge in [-0.25, -0.2) is 0 Å². The molecule has 0 spiro atoms. The fraction of sp³-hybridized carbons (Fsp3) is 0.455. The summed E-state index contributed by atoms with van der Waals surface area (Å²) in [5, 5.41) is 4.50. The van der Waals surface area contributed by atoms with E-state index in [-0.39, 0.29) is 5.75 Å². The van der Waals surface area contributed by atoms with Crippen molar-refractivity contribution in [3.8, 4) is 5.75 Å². The minimum Gasteiger partial charge on any atom is -0.658 e. The summed E-state index contributed by atoms with van der Waals surface area (Å²) in [5.74, 6) is 1.28. The highest BCUT2D eigenvalue weighted by Gasteiger charge is 2.52. The maximum absolute atomic E-state index is 12.6. The van der Waals surface area contributed by atoms with Gasteiger partial charge in [0.05, 0.1) is 5.56 Å². The molecule has 31 heavy (non-hydrogen) atoms. The Labute approximate surface area is 176 Å². The number of benzene rings is 2. The molecule has 1 aliphatic carbocycles. The molecule has 0 radical (unpaired) electrons. The monoisotopic (exact) mass is 443 g/mol. The van der Waals surface area contributed by atoms with E-state index in [9.17, 15) is 26.3 Å². The number of fused-ring (bicyclic) bond motifs is 1. The molecular formula is C22H21F6N2O-. The molecule has 1 saturated carbocycles. The van der Waals surface area contributed by atoms with Gasteiger partial charge >= 0.3 is 12.5 Å². The van der Waals surface area contributed by atoms with Gasteiger partial charge in [-0.3, -0.25) is 4.90 Å². The molecule has 2 aliphatic rings. The molecule has 0 N–H and O–H groups in total. The van der Waals surface area contributed by atoms with Gasteiger partial charge in [0, 0.05) is 19.6 Å². The van der Waals surface area contributed by atoms with Gasteiger partial charge in [0.15, 0.2) is 0 Å². The molecule has 0 bridgehead atoms. The summed E-state index contributed by atoms with van der Waals surface area (Å²) in [4.78, 5) is 2.24. The Morgan fingerprint density at radius 2 is 1.58 bits per heavy atom. The van der Waals surface area contributed by atoms with E-state index < -0.39 is 18.1 Å². The number of hydrogen-bond acceptors (Lipinski definition) is 2. The lowest BCUT2D eigenvalue weighted by Crippen LogP contribution is -2.24. The quantitative estimate of drug-likeness (QED) is 0.502. The Hall–Kier alpha value is -2.26. The highest BCUT2D eigenvalue weighted by atomic mass is 19.4. The number of rotatable bonds is 7. The van der Waals surface area contributed by atoms with Crippen LogP contribution < -0.4 is 4.74 Å². The van der Waals surface area contributed by atoms with Crippen LogP contribution in [0, 0.1) is 17.8 Å². The lowest BCUT2D eigenvalue weighted by Gasteiger charge is -2.24. The van der Waals surface area contributed by atoms with Crippen LogP contribution in [0.2, 0.25) is 0 Å². The van der Waals surface area contributed by atoms with E-state index in [2.05, 4.69) is 15.0 Å². The predicted octanol–water partition coefficient (Wildman–Crippen LogP) is 5.86. The molecule has 4 rings (SSSR count). The molecule has 0 amide bonds. The van der Waals surface area contributed by atoms with Crippen LogP contribution in [0.25, 0.3) is 5.32 Å². The van der Waals surface area contributed by atoms with Gasteiger partial charge in [0.1, 0.15) is 5.75 Å². The Bertz CT molecular complexity index is 884. The molecule has 168 valence electrons. The van der Waals surface area contributed by atoms with E-state index >= 15 is 0 Å². The van der Waals surface area contributed by atoms with Crippen LogP contribution in [-0.2, 0) is 19.3 Å². The number of halogens is 6. The Morgan fingerprint density at radius 3 is 2.19 bits per heavy atom. The van der Waals surface area contributed by atoms with Crippen LogP contribution in [0.5, 0.6) is 5.75 Å². The number of nitrogens with zero attached hydrogens (tertiary/aromatic N) is 2. The van der Waals surface area contributed by atoms with Gasteiger partial charge in [-0.1, -0.05) is 35.7 Å². The van der Waals surface area contributed by atoms with Gasteiger partial charge in [-0.05, 0) is 41.7 Å². The fourth-order valence-electron chi connectivity index (χ4n) is 4.38. The average Bonchev–Trinajstić information content (AvgIpc) is 3.12. The number of hydrogen-bond donors (Lipinski definition) is 0. The van der Waals surface area contributed by atoms with Crippen LogP contribution >= 0.6 is 0 Å².